The number of halogens is 1. The Morgan fingerprint density at radius 3 is 2.73 bits per heavy atom. The van der Waals surface area contributed by atoms with Gasteiger partial charge in [0.05, 0.1) is 0 Å². The number of nitrogens with zero attached hydrogens (tertiary/aromatic N) is 2. The fourth-order valence-electron chi connectivity index (χ4n) is 1.10. The summed E-state index contributed by atoms with van der Waals surface area (Å²) in [6, 6.07) is 9.15. The molecule has 0 fully saturated rings. The molecule has 1 heterocycles. The van der Waals surface area contributed by atoms with Gasteiger partial charge in [-0.05, 0) is 5.52 Å². The van der Waals surface area contributed by atoms with E-state index in [0.717, 1.165) is 0 Å². The van der Waals surface area contributed by atoms with Gasteiger partial charge in [0.2, 0.25) is 0 Å². The van der Waals surface area contributed by atoms with Gasteiger partial charge in [-0.3, -0.25) is 10.1 Å². The number of fused-ring (bicyclic) bond motifs is 1. The molecule has 0 unspecified atom stereocenters. The third-order valence-corrected chi connectivity index (χ3v) is 1.70. The minimum Gasteiger partial charge on any atom is -1.00 e. The van der Waals surface area contributed by atoms with Crippen LogP contribution in [0, 0.1) is 16.2 Å². The molecule has 0 N–H and O–H groups in total. The van der Waals surface area contributed by atoms with Crippen molar-refractivity contribution in [2.45, 2.75) is 0 Å². The van der Waals surface area contributed by atoms with Crippen molar-refractivity contribution >= 4 is 39.6 Å². The van der Waals surface area contributed by atoms with Gasteiger partial charge >= 0.3 is 23.1 Å². The Hall–Kier alpha value is -0.914. The molecule has 0 saturated carbocycles. The Balaban J connectivity index is 0.000000980. The summed E-state index contributed by atoms with van der Waals surface area (Å²) in [4.78, 5) is 14.0. The number of pyridine rings is 1. The fraction of sp³-hybridized carbons (Fsp3) is 0. The summed E-state index contributed by atoms with van der Waals surface area (Å²) in [6.07, 6.45) is 1.64. The SMILES string of the molecule is O=[N+]([O-])c1[c-]c2cccnc2cc1.[Cl-].[Mg+2]. The summed E-state index contributed by atoms with van der Waals surface area (Å²) in [5.41, 5.74) is 0.689. The Labute approximate surface area is 108 Å². The standard InChI is InChI=1S/C9H5N2O2.ClH.Mg/c12-11(13)8-3-4-9-7(6-8)2-1-5-10-9;;/h1-5H;1H;/q-1;;+2/p-1. The number of benzene rings is 1. The van der Waals surface area contributed by atoms with Crippen molar-refractivity contribution in [1.29, 1.82) is 0 Å². The molecular formula is C9H5ClMgN2O2. The van der Waals surface area contributed by atoms with Gasteiger partial charge in [-0.25, -0.2) is 0 Å². The van der Waals surface area contributed by atoms with E-state index < -0.39 is 4.92 Å². The van der Waals surface area contributed by atoms with Crippen molar-refractivity contribution in [2.24, 2.45) is 0 Å². The van der Waals surface area contributed by atoms with Crippen LogP contribution < -0.4 is 12.4 Å². The molecule has 15 heavy (non-hydrogen) atoms. The Morgan fingerprint density at radius 1 is 1.33 bits per heavy atom. The van der Waals surface area contributed by atoms with Crippen LogP contribution in [0.4, 0.5) is 5.69 Å². The van der Waals surface area contributed by atoms with E-state index in [4.69, 9.17) is 0 Å². The molecule has 1 aromatic heterocycles. The van der Waals surface area contributed by atoms with Crippen LogP contribution in [0.3, 0.4) is 0 Å². The second-order valence-corrected chi connectivity index (χ2v) is 2.54. The molecule has 0 amide bonds. The van der Waals surface area contributed by atoms with Gasteiger partial charge in [-0.1, -0.05) is 18.2 Å². The first-order chi connectivity index (χ1) is 6.27. The topological polar surface area (TPSA) is 56.0 Å². The van der Waals surface area contributed by atoms with Crippen LogP contribution in [0.1, 0.15) is 0 Å². The van der Waals surface area contributed by atoms with Crippen LogP contribution in [-0.2, 0) is 0 Å². The van der Waals surface area contributed by atoms with Crippen LogP contribution in [0.25, 0.3) is 10.9 Å². The van der Waals surface area contributed by atoms with Crippen molar-refractivity contribution in [3.8, 4) is 0 Å². The summed E-state index contributed by atoms with van der Waals surface area (Å²) in [5, 5.41) is 11.1. The fourth-order valence-corrected chi connectivity index (χ4v) is 1.10. The maximum Gasteiger partial charge on any atom is 2.00 e. The van der Waals surface area contributed by atoms with E-state index >= 15 is 0 Å². The first-order valence-electron chi connectivity index (χ1n) is 3.69. The summed E-state index contributed by atoms with van der Waals surface area (Å²) >= 11 is 0. The molecule has 0 bridgehead atoms. The van der Waals surface area contributed by atoms with Gasteiger partial charge < -0.3 is 17.4 Å². The maximum absolute atomic E-state index is 10.4. The van der Waals surface area contributed by atoms with Crippen LogP contribution in [0.15, 0.2) is 30.5 Å². The molecule has 0 atom stereocenters. The second-order valence-electron chi connectivity index (χ2n) is 2.54. The Kier molecular flexibility index (Phi) is 5.49. The predicted octanol–water partition coefficient (Wildman–Crippen LogP) is -1.43. The molecule has 0 aliphatic heterocycles. The zero-order valence-electron chi connectivity index (χ0n) is 7.68. The van der Waals surface area contributed by atoms with Gasteiger partial charge in [0.15, 0.2) is 5.69 Å². The number of hydrogen-bond acceptors (Lipinski definition) is 3. The number of aromatic nitrogens is 1. The minimum absolute atomic E-state index is 0. The maximum atomic E-state index is 10.4. The molecule has 0 aliphatic carbocycles. The van der Waals surface area contributed by atoms with E-state index in [1.54, 1.807) is 24.4 Å². The molecular weight excluding hydrogens is 228 g/mol. The van der Waals surface area contributed by atoms with Crippen molar-refractivity contribution < 1.29 is 17.3 Å². The number of hydrogen-bond donors (Lipinski definition) is 0. The van der Waals surface area contributed by atoms with Crippen LogP contribution in [0.5, 0.6) is 0 Å². The van der Waals surface area contributed by atoms with E-state index in [0.29, 0.717) is 10.9 Å². The quantitative estimate of drug-likeness (QED) is 0.262. The molecule has 72 valence electrons. The minimum atomic E-state index is -0.466. The van der Waals surface area contributed by atoms with Gasteiger partial charge in [-0.2, -0.15) is 0 Å². The average Bonchev–Trinajstić information content (AvgIpc) is 2.17. The smallest absolute Gasteiger partial charge is 1.00 e. The van der Waals surface area contributed by atoms with Crippen LogP contribution in [-0.4, -0.2) is 33.0 Å². The third kappa shape index (κ3) is 3.02. The average molecular weight is 233 g/mol. The van der Waals surface area contributed by atoms with E-state index in [2.05, 4.69) is 11.1 Å². The normalized spacial score (nSPS) is 8.80. The summed E-state index contributed by atoms with van der Waals surface area (Å²) < 4.78 is 0. The molecule has 0 spiro atoms. The Morgan fingerprint density at radius 2 is 2.07 bits per heavy atom. The molecule has 1 aromatic carbocycles. The van der Waals surface area contributed by atoms with Crippen molar-refractivity contribution in [3.63, 3.8) is 0 Å². The molecule has 6 heteroatoms. The van der Waals surface area contributed by atoms with Crippen molar-refractivity contribution in [3.05, 3.63) is 46.6 Å². The number of rotatable bonds is 1. The Bertz CT molecular complexity index is 478. The van der Waals surface area contributed by atoms with Gasteiger partial charge in [-0.15, -0.1) is 17.5 Å². The molecule has 0 radical (unpaired) electrons. The molecule has 4 nitrogen and oxygen atoms in total. The first kappa shape index (κ1) is 14.1. The largest absolute Gasteiger partial charge is 2.00 e. The summed E-state index contributed by atoms with van der Waals surface area (Å²) in [7, 11) is 0. The zero-order valence-corrected chi connectivity index (χ0v) is 9.85. The second kappa shape index (κ2) is 5.84. The van der Waals surface area contributed by atoms with Crippen molar-refractivity contribution in [2.75, 3.05) is 0 Å². The molecule has 2 aromatic rings. The molecule has 2 rings (SSSR count). The number of non-ortho nitro benzene ring substituents is 1. The predicted molar refractivity (Wildman–Crippen MR) is 53.0 cm³/mol. The summed E-state index contributed by atoms with van der Waals surface area (Å²) in [5.74, 6) is 0. The first-order valence-corrected chi connectivity index (χ1v) is 3.69. The molecule has 0 saturated heterocycles. The van der Waals surface area contributed by atoms with E-state index in [1.807, 2.05) is 0 Å². The van der Waals surface area contributed by atoms with E-state index in [9.17, 15) is 10.1 Å². The number of nitro groups is 1. The van der Waals surface area contributed by atoms with E-state index in [1.165, 1.54) is 6.07 Å². The zero-order chi connectivity index (χ0) is 9.26. The van der Waals surface area contributed by atoms with Crippen LogP contribution >= 0.6 is 0 Å². The number of nitro benzene ring substituents is 1. The van der Waals surface area contributed by atoms with Gasteiger partial charge in [0, 0.05) is 11.1 Å². The van der Waals surface area contributed by atoms with E-state index in [-0.39, 0.29) is 41.1 Å². The molecule has 0 aliphatic rings. The van der Waals surface area contributed by atoms with Crippen LogP contribution in [0.2, 0.25) is 0 Å². The third-order valence-electron chi connectivity index (χ3n) is 1.70. The van der Waals surface area contributed by atoms with Gasteiger partial charge in [0.1, 0.15) is 0 Å². The summed E-state index contributed by atoms with van der Waals surface area (Å²) in [6.45, 7) is 0. The monoisotopic (exact) mass is 232 g/mol. The van der Waals surface area contributed by atoms with Crippen molar-refractivity contribution in [1.82, 2.24) is 4.98 Å². The van der Waals surface area contributed by atoms with Gasteiger partial charge in [0.25, 0.3) is 0 Å².